The van der Waals surface area contributed by atoms with Crippen molar-refractivity contribution in [3.8, 4) is 0 Å². The molecule has 1 saturated heterocycles. The summed E-state index contributed by atoms with van der Waals surface area (Å²) in [6.45, 7) is 9.81. The van der Waals surface area contributed by atoms with Gasteiger partial charge in [-0.1, -0.05) is 56.7 Å². The molecule has 3 aromatic rings. The number of aromatic nitrogens is 1. The van der Waals surface area contributed by atoms with Crippen LogP contribution in [-0.4, -0.2) is 29.1 Å². The second kappa shape index (κ2) is 8.67. The van der Waals surface area contributed by atoms with Crippen LogP contribution >= 0.6 is 12.4 Å². The Labute approximate surface area is 170 Å². The lowest BCUT2D eigenvalue weighted by atomic mass is 9.84. The van der Waals surface area contributed by atoms with E-state index in [-0.39, 0.29) is 12.4 Å². The van der Waals surface area contributed by atoms with E-state index in [1.54, 1.807) is 0 Å². The molecule has 0 radical (unpaired) electrons. The van der Waals surface area contributed by atoms with Crippen molar-refractivity contribution in [1.82, 2.24) is 9.47 Å². The van der Waals surface area contributed by atoms with Crippen molar-refractivity contribution in [2.75, 3.05) is 19.6 Å². The summed E-state index contributed by atoms with van der Waals surface area (Å²) in [6.07, 6.45) is 6.66. The predicted octanol–water partition coefficient (Wildman–Crippen LogP) is 6.51. The first-order valence-corrected chi connectivity index (χ1v) is 10.3. The Morgan fingerprint density at radius 1 is 0.815 bits per heavy atom. The molecule has 0 amide bonds. The average Bonchev–Trinajstić information content (AvgIpc) is 2.95. The summed E-state index contributed by atoms with van der Waals surface area (Å²) in [6, 6.07) is 17.7. The van der Waals surface area contributed by atoms with Gasteiger partial charge in [0.25, 0.3) is 0 Å². The van der Waals surface area contributed by atoms with Gasteiger partial charge >= 0.3 is 0 Å². The minimum Gasteiger partial charge on any atom is -0.340 e. The summed E-state index contributed by atoms with van der Waals surface area (Å²) >= 11 is 0. The molecule has 0 N–H and O–H groups in total. The largest absolute Gasteiger partial charge is 0.340 e. The van der Waals surface area contributed by atoms with Gasteiger partial charge in [0.1, 0.15) is 0 Å². The number of para-hydroxylation sites is 2. The van der Waals surface area contributed by atoms with Gasteiger partial charge < -0.3 is 9.47 Å². The Balaban J connectivity index is 0.00000210. The van der Waals surface area contributed by atoms with Crippen LogP contribution in [-0.2, 0) is 6.54 Å². The summed E-state index contributed by atoms with van der Waals surface area (Å²) in [5, 5.41) is 2.78. The lowest BCUT2D eigenvalue weighted by Gasteiger charge is -2.38. The molecule has 1 aromatic heterocycles. The highest BCUT2D eigenvalue weighted by Gasteiger charge is 2.25. The number of aryl methyl sites for hydroxylation is 1. The molecule has 0 aliphatic carbocycles. The lowest BCUT2D eigenvalue weighted by Crippen LogP contribution is -2.40. The van der Waals surface area contributed by atoms with Gasteiger partial charge in [0.2, 0.25) is 0 Å². The molecule has 3 heteroatoms. The number of halogens is 1. The van der Waals surface area contributed by atoms with Crippen molar-refractivity contribution in [3.63, 3.8) is 0 Å². The summed E-state index contributed by atoms with van der Waals surface area (Å²) in [7, 11) is 0. The first-order chi connectivity index (χ1) is 12.6. The molecule has 0 unspecified atom stereocenters. The number of hydrogen-bond acceptors (Lipinski definition) is 1. The van der Waals surface area contributed by atoms with E-state index >= 15 is 0 Å². The van der Waals surface area contributed by atoms with Crippen LogP contribution in [0, 0.1) is 5.41 Å². The van der Waals surface area contributed by atoms with Gasteiger partial charge in [0.15, 0.2) is 0 Å². The second-order valence-corrected chi connectivity index (χ2v) is 8.79. The zero-order valence-corrected chi connectivity index (χ0v) is 17.6. The van der Waals surface area contributed by atoms with Crippen molar-refractivity contribution in [2.24, 2.45) is 5.41 Å². The minimum absolute atomic E-state index is 0. The summed E-state index contributed by atoms with van der Waals surface area (Å²) in [5.41, 5.74) is 3.28. The van der Waals surface area contributed by atoms with Gasteiger partial charge in [-0.3, -0.25) is 0 Å². The normalized spacial score (nSPS) is 17.3. The molecule has 0 atom stereocenters. The lowest BCUT2D eigenvalue weighted by molar-refractivity contribution is 0.116. The molecule has 146 valence electrons. The fourth-order valence-electron chi connectivity index (χ4n) is 4.76. The molecule has 4 rings (SSSR count). The van der Waals surface area contributed by atoms with Crippen LogP contribution in [0.15, 0.2) is 48.5 Å². The fourth-order valence-corrected chi connectivity index (χ4v) is 4.76. The highest BCUT2D eigenvalue weighted by atomic mass is 35.5. The quantitative estimate of drug-likeness (QED) is 0.440. The molecule has 0 bridgehead atoms. The van der Waals surface area contributed by atoms with Gasteiger partial charge in [0.05, 0.1) is 0 Å². The maximum atomic E-state index is 2.68. The number of hydrogen-bond donors (Lipinski definition) is 0. The molecule has 2 aromatic carbocycles. The second-order valence-electron chi connectivity index (χ2n) is 8.79. The van der Waals surface area contributed by atoms with Crippen molar-refractivity contribution >= 4 is 34.2 Å². The summed E-state index contributed by atoms with van der Waals surface area (Å²) in [5.74, 6) is 0. The van der Waals surface area contributed by atoms with Crippen molar-refractivity contribution in [2.45, 2.75) is 52.5 Å². The molecule has 1 aliphatic rings. The van der Waals surface area contributed by atoms with Gasteiger partial charge in [0, 0.05) is 34.9 Å². The topological polar surface area (TPSA) is 8.17 Å². The van der Waals surface area contributed by atoms with Crippen LogP contribution in [0.3, 0.4) is 0 Å². The molecule has 1 aliphatic heterocycles. The van der Waals surface area contributed by atoms with E-state index in [0.717, 1.165) is 6.54 Å². The number of fused-ring (bicyclic) bond motifs is 3. The molecule has 0 spiro atoms. The number of rotatable bonds is 6. The van der Waals surface area contributed by atoms with Crippen molar-refractivity contribution < 1.29 is 0 Å². The summed E-state index contributed by atoms with van der Waals surface area (Å²) < 4.78 is 2.52. The summed E-state index contributed by atoms with van der Waals surface area (Å²) in [4.78, 5) is 2.68. The van der Waals surface area contributed by atoms with Crippen LogP contribution in [0.25, 0.3) is 21.8 Å². The molecule has 27 heavy (non-hydrogen) atoms. The van der Waals surface area contributed by atoms with Crippen LogP contribution < -0.4 is 0 Å². The van der Waals surface area contributed by atoms with E-state index in [9.17, 15) is 0 Å². The van der Waals surface area contributed by atoms with Crippen LogP contribution in [0.1, 0.15) is 46.0 Å². The zero-order valence-electron chi connectivity index (χ0n) is 16.8. The fraction of sp³-hybridized carbons (Fsp3) is 0.500. The Kier molecular flexibility index (Phi) is 6.49. The molecule has 1 fully saturated rings. The molecule has 2 nitrogen and oxygen atoms in total. The Hall–Kier alpha value is -1.51. The van der Waals surface area contributed by atoms with Gasteiger partial charge in [-0.15, -0.1) is 12.4 Å². The molecule has 0 saturated carbocycles. The third-order valence-electron chi connectivity index (χ3n) is 6.02. The highest BCUT2D eigenvalue weighted by molar-refractivity contribution is 6.07. The first kappa shape index (κ1) is 20.2. The maximum Gasteiger partial charge on any atom is 0.0491 e. The first-order valence-electron chi connectivity index (χ1n) is 10.3. The van der Waals surface area contributed by atoms with Gasteiger partial charge in [-0.05, 0) is 56.3 Å². The van der Waals surface area contributed by atoms with Gasteiger partial charge in [-0.2, -0.15) is 0 Å². The SMILES string of the molecule is CC1(C)CCCN(CCCCCn2c3ccccc3c3ccccc32)C1.Cl. The minimum atomic E-state index is 0. The van der Waals surface area contributed by atoms with E-state index in [1.807, 2.05) is 0 Å². The number of likely N-dealkylation sites (tertiary alicyclic amines) is 1. The van der Waals surface area contributed by atoms with Crippen LogP contribution in [0.5, 0.6) is 0 Å². The van der Waals surface area contributed by atoms with E-state index in [1.165, 1.54) is 73.5 Å². The zero-order chi connectivity index (χ0) is 18.0. The number of benzene rings is 2. The van der Waals surface area contributed by atoms with Crippen molar-refractivity contribution in [1.29, 1.82) is 0 Å². The Morgan fingerprint density at radius 2 is 1.41 bits per heavy atom. The Bertz CT molecular complexity index is 827. The van der Waals surface area contributed by atoms with Crippen LogP contribution in [0.4, 0.5) is 0 Å². The maximum absolute atomic E-state index is 2.68. The van der Waals surface area contributed by atoms with E-state index in [4.69, 9.17) is 0 Å². The van der Waals surface area contributed by atoms with E-state index < -0.39 is 0 Å². The van der Waals surface area contributed by atoms with E-state index in [2.05, 4.69) is 71.8 Å². The third kappa shape index (κ3) is 4.50. The number of unbranched alkanes of at least 4 members (excludes halogenated alkanes) is 2. The monoisotopic (exact) mass is 384 g/mol. The van der Waals surface area contributed by atoms with E-state index in [0.29, 0.717) is 5.41 Å². The van der Waals surface area contributed by atoms with Crippen molar-refractivity contribution in [3.05, 3.63) is 48.5 Å². The standard InChI is InChI=1S/C24H32N2.ClH/c1-24(2)15-10-17-25(19-24)16-8-3-9-18-26-22-13-6-4-11-20(22)21-12-5-7-14-23(21)26;/h4-7,11-14H,3,8-10,15-19H2,1-2H3;1H. The van der Waals surface area contributed by atoms with Gasteiger partial charge in [-0.25, -0.2) is 0 Å². The van der Waals surface area contributed by atoms with Crippen LogP contribution in [0.2, 0.25) is 0 Å². The Morgan fingerprint density at radius 3 is 2.04 bits per heavy atom. The molecule has 2 heterocycles. The smallest absolute Gasteiger partial charge is 0.0491 e. The predicted molar refractivity (Wildman–Crippen MR) is 120 cm³/mol. The third-order valence-corrected chi connectivity index (χ3v) is 6.02. The molecular weight excluding hydrogens is 352 g/mol. The number of piperidine rings is 1. The average molecular weight is 385 g/mol. The highest BCUT2D eigenvalue weighted by Crippen LogP contribution is 2.30. The number of nitrogens with zero attached hydrogens (tertiary/aromatic N) is 2. The molecular formula is C24H33ClN2.